The number of unbranched alkanes of at least 4 members (excludes halogenated alkanes) is 1. The van der Waals surface area contributed by atoms with Gasteiger partial charge in [0.15, 0.2) is 5.41 Å². The molecule has 28 heavy (non-hydrogen) atoms. The van der Waals surface area contributed by atoms with Gasteiger partial charge in [-0.3, -0.25) is 0 Å². The second kappa shape index (κ2) is 8.28. The Kier molecular flexibility index (Phi) is 5.81. The third-order valence-electron chi connectivity index (χ3n) is 5.93. The van der Waals surface area contributed by atoms with E-state index >= 15 is 0 Å². The quantitative estimate of drug-likeness (QED) is 0.587. The number of nitrogens with one attached hydrogen (secondary N) is 1. The van der Waals surface area contributed by atoms with Crippen molar-refractivity contribution in [2.24, 2.45) is 17.3 Å². The SMILES string of the molecule is CCCCOc1ccc(C2C3CCCC=C3C(C#N)C(=N)C2(C#N)C#N)cc1. The van der Waals surface area contributed by atoms with Crippen molar-refractivity contribution in [1.29, 1.82) is 21.2 Å². The molecule has 0 amide bonds. The largest absolute Gasteiger partial charge is 0.494 e. The lowest BCUT2D eigenvalue weighted by molar-refractivity contribution is 0.307. The molecule has 1 N–H and O–H groups in total. The number of hydrogen-bond acceptors (Lipinski definition) is 5. The molecule has 5 nitrogen and oxygen atoms in total. The smallest absolute Gasteiger partial charge is 0.189 e. The third-order valence-corrected chi connectivity index (χ3v) is 5.93. The maximum atomic E-state index is 9.98. The Morgan fingerprint density at radius 3 is 2.50 bits per heavy atom. The predicted molar refractivity (Wildman–Crippen MR) is 105 cm³/mol. The molecule has 1 aromatic rings. The van der Waals surface area contributed by atoms with E-state index in [1.807, 2.05) is 30.3 Å². The monoisotopic (exact) mass is 372 g/mol. The van der Waals surface area contributed by atoms with Crippen LogP contribution < -0.4 is 4.74 Å². The van der Waals surface area contributed by atoms with Gasteiger partial charge in [0.1, 0.15) is 11.7 Å². The van der Waals surface area contributed by atoms with Gasteiger partial charge < -0.3 is 10.1 Å². The molecule has 5 heteroatoms. The fourth-order valence-corrected chi connectivity index (χ4v) is 4.49. The Labute approximate surface area is 166 Å². The van der Waals surface area contributed by atoms with Crippen LogP contribution in [-0.2, 0) is 0 Å². The molecule has 2 aliphatic carbocycles. The van der Waals surface area contributed by atoms with Gasteiger partial charge in [-0.05, 0) is 54.9 Å². The minimum atomic E-state index is -1.62. The van der Waals surface area contributed by atoms with Crippen molar-refractivity contribution in [3.05, 3.63) is 41.5 Å². The number of allylic oxidation sites excluding steroid dienone is 2. The molecule has 0 bridgehead atoms. The van der Waals surface area contributed by atoms with Gasteiger partial charge in [0, 0.05) is 5.92 Å². The van der Waals surface area contributed by atoms with E-state index in [2.05, 4.69) is 25.1 Å². The highest BCUT2D eigenvalue weighted by atomic mass is 16.5. The van der Waals surface area contributed by atoms with E-state index < -0.39 is 17.3 Å². The van der Waals surface area contributed by atoms with Crippen LogP contribution in [0.5, 0.6) is 5.75 Å². The predicted octanol–water partition coefficient (Wildman–Crippen LogP) is 4.88. The summed E-state index contributed by atoms with van der Waals surface area (Å²) in [6.45, 7) is 2.77. The summed E-state index contributed by atoms with van der Waals surface area (Å²) in [5, 5.41) is 38.2. The lowest BCUT2D eigenvalue weighted by Gasteiger charge is -2.45. The number of benzene rings is 1. The number of fused-ring (bicyclic) bond motifs is 1. The van der Waals surface area contributed by atoms with Crippen LogP contribution in [0.1, 0.15) is 50.5 Å². The van der Waals surface area contributed by atoms with Gasteiger partial charge in [0.05, 0.1) is 30.5 Å². The Hall–Kier alpha value is -3.10. The second-order valence-corrected chi connectivity index (χ2v) is 7.50. The van der Waals surface area contributed by atoms with Crippen LogP contribution >= 0.6 is 0 Å². The minimum Gasteiger partial charge on any atom is -0.494 e. The standard InChI is InChI=1S/C23H24N4O/c1-2-3-12-28-17-10-8-16(9-11-17)21-19-7-5-4-6-18(19)20(13-24)22(27)23(21,14-25)15-26/h6,8-11,19-21,27H,2-5,7,12H2,1H3. The van der Waals surface area contributed by atoms with Gasteiger partial charge in [0.25, 0.3) is 0 Å². The van der Waals surface area contributed by atoms with E-state index in [0.717, 1.165) is 49.0 Å². The molecule has 0 spiro atoms. The van der Waals surface area contributed by atoms with Crippen molar-refractivity contribution in [2.75, 3.05) is 6.61 Å². The van der Waals surface area contributed by atoms with Crippen molar-refractivity contribution in [3.63, 3.8) is 0 Å². The number of hydrogen-bond donors (Lipinski definition) is 1. The molecule has 1 fully saturated rings. The lowest BCUT2D eigenvalue weighted by Crippen LogP contribution is -2.48. The molecular formula is C23H24N4O. The molecule has 0 aromatic heterocycles. The fraction of sp³-hybridized carbons (Fsp3) is 0.478. The van der Waals surface area contributed by atoms with Gasteiger partial charge in [-0.2, -0.15) is 15.8 Å². The van der Waals surface area contributed by atoms with Gasteiger partial charge in [-0.25, -0.2) is 0 Å². The summed E-state index contributed by atoms with van der Waals surface area (Å²) in [6, 6.07) is 14.0. The van der Waals surface area contributed by atoms with Gasteiger partial charge in [0.2, 0.25) is 0 Å². The first-order valence-electron chi connectivity index (χ1n) is 9.86. The van der Waals surface area contributed by atoms with E-state index in [-0.39, 0.29) is 11.6 Å². The molecule has 3 unspecified atom stereocenters. The van der Waals surface area contributed by atoms with E-state index in [1.54, 1.807) is 0 Å². The Bertz CT molecular complexity index is 881. The van der Waals surface area contributed by atoms with Gasteiger partial charge in [-0.15, -0.1) is 0 Å². The van der Waals surface area contributed by atoms with Crippen molar-refractivity contribution < 1.29 is 4.74 Å². The van der Waals surface area contributed by atoms with Crippen LogP contribution in [0.4, 0.5) is 0 Å². The van der Waals surface area contributed by atoms with E-state index in [4.69, 9.17) is 10.1 Å². The van der Waals surface area contributed by atoms with Crippen LogP contribution in [0.15, 0.2) is 35.9 Å². The van der Waals surface area contributed by atoms with Gasteiger partial charge >= 0.3 is 0 Å². The minimum absolute atomic E-state index is 0.0707. The molecular weight excluding hydrogens is 348 g/mol. The highest BCUT2D eigenvalue weighted by Gasteiger charge is 2.57. The van der Waals surface area contributed by atoms with Crippen molar-refractivity contribution in [3.8, 4) is 24.0 Å². The highest BCUT2D eigenvalue weighted by molar-refractivity contribution is 6.00. The molecule has 0 heterocycles. The average molecular weight is 372 g/mol. The highest BCUT2D eigenvalue weighted by Crippen LogP contribution is 2.55. The Morgan fingerprint density at radius 1 is 1.18 bits per heavy atom. The maximum absolute atomic E-state index is 9.98. The zero-order valence-electron chi connectivity index (χ0n) is 16.1. The molecule has 0 saturated heterocycles. The normalized spacial score (nSPS) is 25.4. The van der Waals surface area contributed by atoms with Crippen molar-refractivity contribution in [1.82, 2.24) is 0 Å². The van der Waals surface area contributed by atoms with E-state index in [1.165, 1.54) is 0 Å². The molecule has 3 atom stereocenters. The summed E-state index contributed by atoms with van der Waals surface area (Å²) in [4.78, 5) is 0. The van der Waals surface area contributed by atoms with Crippen molar-refractivity contribution >= 4 is 5.71 Å². The summed E-state index contributed by atoms with van der Waals surface area (Å²) in [6.07, 6.45) is 6.75. The lowest BCUT2D eigenvalue weighted by atomic mass is 9.53. The summed E-state index contributed by atoms with van der Waals surface area (Å²) in [7, 11) is 0. The summed E-state index contributed by atoms with van der Waals surface area (Å²) in [5.41, 5.74) is 0.0559. The summed E-state index contributed by atoms with van der Waals surface area (Å²) < 4.78 is 5.73. The van der Waals surface area contributed by atoms with Crippen LogP contribution in [0, 0.1) is 56.7 Å². The van der Waals surface area contributed by atoms with Crippen LogP contribution in [0.2, 0.25) is 0 Å². The number of ether oxygens (including phenoxy) is 1. The van der Waals surface area contributed by atoms with E-state index in [0.29, 0.717) is 6.61 Å². The Morgan fingerprint density at radius 2 is 1.89 bits per heavy atom. The zero-order valence-corrected chi connectivity index (χ0v) is 16.1. The topological polar surface area (TPSA) is 104 Å². The average Bonchev–Trinajstić information content (AvgIpc) is 2.74. The molecule has 0 aliphatic heterocycles. The molecule has 3 rings (SSSR count). The second-order valence-electron chi connectivity index (χ2n) is 7.50. The maximum Gasteiger partial charge on any atom is 0.189 e. The van der Waals surface area contributed by atoms with Crippen molar-refractivity contribution in [2.45, 2.75) is 44.9 Å². The van der Waals surface area contributed by atoms with Crippen LogP contribution in [-0.4, -0.2) is 12.3 Å². The molecule has 142 valence electrons. The number of rotatable bonds is 5. The van der Waals surface area contributed by atoms with E-state index in [9.17, 15) is 15.8 Å². The summed E-state index contributed by atoms with van der Waals surface area (Å²) >= 11 is 0. The van der Waals surface area contributed by atoms with Crippen LogP contribution in [0.3, 0.4) is 0 Å². The molecule has 1 saturated carbocycles. The van der Waals surface area contributed by atoms with Gasteiger partial charge in [-0.1, -0.05) is 31.6 Å². The first-order chi connectivity index (χ1) is 13.6. The first-order valence-corrected chi connectivity index (χ1v) is 9.86. The summed E-state index contributed by atoms with van der Waals surface area (Å²) in [5.74, 6) is -0.538. The molecule has 2 aliphatic rings. The Balaban J connectivity index is 2.04. The number of nitrogens with zero attached hydrogens (tertiary/aromatic N) is 3. The number of nitriles is 3. The first kappa shape index (κ1) is 19.7. The zero-order chi connectivity index (χ0) is 20.1. The van der Waals surface area contributed by atoms with Crippen LogP contribution in [0.25, 0.3) is 0 Å². The molecule has 1 aromatic carbocycles. The third kappa shape index (κ3) is 3.17. The fourth-order valence-electron chi connectivity index (χ4n) is 4.49. The molecule has 0 radical (unpaired) electrons.